The van der Waals surface area contributed by atoms with Crippen molar-refractivity contribution in [3.63, 3.8) is 0 Å². The maximum atomic E-state index is 12.5. The number of anilines is 1. The molecule has 0 saturated heterocycles. The molecule has 1 aromatic heterocycles. The third kappa shape index (κ3) is 4.84. The third-order valence-corrected chi connectivity index (χ3v) is 5.03. The number of benzene rings is 2. The number of nitrogens with one attached hydrogen (secondary N) is 1. The number of nitrogens with zero attached hydrogens (tertiary/aromatic N) is 1. The number of thiazole rings is 1. The van der Waals surface area contributed by atoms with Gasteiger partial charge >= 0.3 is 0 Å². The Labute approximate surface area is 164 Å². The lowest BCUT2D eigenvalue weighted by molar-refractivity contribution is 0.0998. The fraction of sp³-hybridized carbons (Fsp3) is 0.105. The summed E-state index contributed by atoms with van der Waals surface area (Å²) < 4.78 is 5.66. The second-order valence-electron chi connectivity index (χ2n) is 5.66. The first-order chi connectivity index (χ1) is 12.9. The van der Waals surface area contributed by atoms with Crippen LogP contribution in [0.15, 0.2) is 48.5 Å². The lowest BCUT2D eigenvalue weighted by Crippen LogP contribution is -2.13. The predicted octanol–water partition coefficient (Wildman–Crippen LogP) is 4.04. The van der Waals surface area contributed by atoms with Crippen molar-refractivity contribution in [1.82, 2.24) is 4.98 Å². The topological polar surface area (TPSA) is 94.3 Å². The Balaban J connectivity index is 1.65. The number of hydrogen-bond acceptors (Lipinski definition) is 5. The standard InChI is InChI=1S/C19H16ClN3O3S/c1-11-17(19(25)23-14-6-2-12(3-7-14)18(21)24)27-16(22-11)10-26-15-8-4-13(20)5-9-15/h2-9H,10H2,1H3,(H2,21,24)(H,23,25). The third-order valence-electron chi connectivity index (χ3n) is 3.65. The second-order valence-corrected chi connectivity index (χ2v) is 7.18. The van der Waals surface area contributed by atoms with E-state index in [1.165, 1.54) is 11.3 Å². The van der Waals surface area contributed by atoms with Gasteiger partial charge in [-0.05, 0) is 55.5 Å². The number of primary amides is 1. The Hall–Kier alpha value is -2.90. The van der Waals surface area contributed by atoms with Crippen LogP contribution in [0.1, 0.15) is 30.7 Å². The summed E-state index contributed by atoms with van der Waals surface area (Å²) in [5.74, 6) is -0.112. The summed E-state index contributed by atoms with van der Waals surface area (Å²) in [6.07, 6.45) is 0. The highest BCUT2D eigenvalue weighted by Crippen LogP contribution is 2.22. The fourth-order valence-corrected chi connectivity index (χ4v) is 3.31. The molecule has 27 heavy (non-hydrogen) atoms. The van der Waals surface area contributed by atoms with Crippen LogP contribution in [0, 0.1) is 6.92 Å². The van der Waals surface area contributed by atoms with Crippen molar-refractivity contribution in [2.75, 3.05) is 5.32 Å². The molecular weight excluding hydrogens is 386 g/mol. The first kappa shape index (κ1) is 18.9. The number of amides is 2. The molecule has 0 radical (unpaired) electrons. The lowest BCUT2D eigenvalue weighted by Gasteiger charge is -2.04. The summed E-state index contributed by atoms with van der Waals surface area (Å²) in [5.41, 5.74) is 6.78. The number of ether oxygens (including phenoxy) is 1. The van der Waals surface area contributed by atoms with Crippen LogP contribution >= 0.6 is 22.9 Å². The minimum atomic E-state index is -0.517. The van der Waals surface area contributed by atoms with Gasteiger partial charge in [0.05, 0.1) is 5.69 Å². The Morgan fingerprint density at radius 3 is 2.44 bits per heavy atom. The molecule has 6 nitrogen and oxygen atoms in total. The van der Waals surface area contributed by atoms with Gasteiger partial charge in [-0.3, -0.25) is 9.59 Å². The van der Waals surface area contributed by atoms with Gasteiger partial charge in [0.1, 0.15) is 22.2 Å². The summed E-state index contributed by atoms with van der Waals surface area (Å²) >= 11 is 7.11. The van der Waals surface area contributed by atoms with Gasteiger partial charge in [-0.25, -0.2) is 4.98 Å². The van der Waals surface area contributed by atoms with Gasteiger partial charge in [0.2, 0.25) is 5.91 Å². The molecule has 0 spiro atoms. The molecular formula is C19H16ClN3O3S. The second kappa shape index (κ2) is 8.20. The molecule has 3 N–H and O–H groups in total. The number of aromatic nitrogens is 1. The lowest BCUT2D eigenvalue weighted by atomic mass is 10.2. The van der Waals surface area contributed by atoms with E-state index in [4.69, 9.17) is 22.1 Å². The molecule has 138 valence electrons. The maximum Gasteiger partial charge on any atom is 0.267 e. The first-order valence-electron chi connectivity index (χ1n) is 7.98. The molecule has 1 heterocycles. The normalized spacial score (nSPS) is 10.4. The number of rotatable bonds is 6. The first-order valence-corrected chi connectivity index (χ1v) is 9.17. The zero-order valence-electron chi connectivity index (χ0n) is 14.4. The Morgan fingerprint density at radius 1 is 1.15 bits per heavy atom. The molecule has 0 aliphatic rings. The van der Waals surface area contributed by atoms with Gasteiger partial charge < -0.3 is 15.8 Å². The number of halogens is 1. The molecule has 0 aliphatic carbocycles. The van der Waals surface area contributed by atoms with E-state index in [2.05, 4.69) is 10.3 Å². The molecule has 0 fully saturated rings. The van der Waals surface area contributed by atoms with Crippen molar-refractivity contribution in [3.8, 4) is 5.75 Å². The average Bonchev–Trinajstić information content (AvgIpc) is 3.02. The summed E-state index contributed by atoms with van der Waals surface area (Å²) in [6, 6.07) is 13.4. The summed E-state index contributed by atoms with van der Waals surface area (Å²) in [4.78, 5) is 28.5. The molecule has 3 aromatic rings. The van der Waals surface area contributed by atoms with Crippen molar-refractivity contribution in [1.29, 1.82) is 0 Å². The molecule has 0 aliphatic heterocycles. The van der Waals surface area contributed by atoms with E-state index in [1.54, 1.807) is 55.5 Å². The highest BCUT2D eigenvalue weighted by atomic mass is 35.5. The summed E-state index contributed by atoms with van der Waals surface area (Å²) in [5, 5.41) is 4.11. The zero-order chi connectivity index (χ0) is 19.4. The van der Waals surface area contributed by atoms with Crippen LogP contribution in [0.2, 0.25) is 5.02 Å². The minimum Gasteiger partial charge on any atom is -0.486 e. The van der Waals surface area contributed by atoms with Crippen molar-refractivity contribution in [2.24, 2.45) is 5.73 Å². The van der Waals surface area contributed by atoms with Gasteiger partial charge in [-0.15, -0.1) is 11.3 Å². The Kier molecular flexibility index (Phi) is 5.73. The van der Waals surface area contributed by atoms with Crippen molar-refractivity contribution in [2.45, 2.75) is 13.5 Å². The monoisotopic (exact) mass is 401 g/mol. The largest absolute Gasteiger partial charge is 0.486 e. The summed E-state index contributed by atoms with van der Waals surface area (Å²) in [7, 11) is 0. The van der Waals surface area contributed by atoms with Crippen LogP contribution in [0.3, 0.4) is 0 Å². The molecule has 0 unspecified atom stereocenters. The molecule has 2 amide bonds. The van der Waals surface area contributed by atoms with Crippen molar-refractivity contribution in [3.05, 3.63) is 74.7 Å². The van der Waals surface area contributed by atoms with Crippen LogP contribution in [-0.2, 0) is 6.61 Å². The Bertz CT molecular complexity index is 969. The molecule has 0 saturated carbocycles. The summed E-state index contributed by atoms with van der Waals surface area (Å²) in [6.45, 7) is 2.03. The SMILES string of the molecule is Cc1nc(COc2ccc(Cl)cc2)sc1C(=O)Nc1ccc(C(N)=O)cc1. The quantitative estimate of drug-likeness (QED) is 0.651. The number of carbonyl (C=O) groups is 2. The van der Waals surface area contributed by atoms with Crippen molar-refractivity contribution >= 4 is 40.4 Å². The van der Waals surface area contributed by atoms with E-state index in [1.807, 2.05) is 0 Å². The van der Waals surface area contributed by atoms with Gasteiger partial charge in [-0.1, -0.05) is 11.6 Å². The fourth-order valence-electron chi connectivity index (χ4n) is 2.31. The van der Waals surface area contributed by atoms with Gasteiger partial charge in [0.15, 0.2) is 0 Å². The maximum absolute atomic E-state index is 12.5. The van der Waals surface area contributed by atoms with Crippen LogP contribution < -0.4 is 15.8 Å². The molecule has 0 atom stereocenters. The van der Waals surface area contributed by atoms with E-state index < -0.39 is 5.91 Å². The number of aryl methyl sites for hydroxylation is 1. The Morgan fingerprint density at radius 2 is 1.81 bits per heavy atom. The number of hydrogen-bond donors (Lipinski definition) is 2. The highest BCUT2D eigenvalue weighted by molar-refractivity contribution is 7.13. The number of nitrogens with two attached hydrogens (primary N) is 1. The van der Waals surface area contributed by atoms with Gasteiger partial charge in [-0.2, -0.15) is 0 Å². The van der Waals surface area contributed by atoms with Gasteiger partial charge in [0.25, 0.3) is 5.91 Å². The smallest absolute Gasteiger partial charge is 0.267 e. The van der Waals surface area contributed by atoms with Crippen LogP contribution in [0.4, 0.5) is 5.69 Å². The number of carbonyl (C=O) groups excluding carboxylic acids is 2. The van der Waals surface area contributed by atoms with E-state index >= 15 is 0 Å². The zero-order valence-corrected chi connectivity index (χ0v) is 15.9. The predicted molar refractivity (Wildman–Crippen MR) is 106 cm³/mol. The van der Waals surface area contributed by atoms with E-state index in [0.717, 1.165) is 0 Å². The average molecular weight is 402 g/mol. The van der Waals surface area contributed by atoms with E-state index in [9.17, 15) is 9.59 Å². The highest BCUT2D eigenvalue weighted by Gasteiger charge is 2.16. The van der Waals surface area contributed by atoms with Crippen LogP contribution in [0.25, 0.3) is 0 Å². The van der Waals surface area contributed by atoms with E-state index in [0.29, 0.717) is 37.6 Å². The van der Waals surface area contributed by atoms with Crippen LogP contribution in [-0.4, -0.2) is 16.8 Å². The molecule has 8 heteroatoms. The van der Waals surface area contributed by atoms with Crippen LogP contribution in [0.5, 0.6) is 5.75 Å². The van der Waals surface area contributed by atoms with Crippen molar-refractivity contribution < 1.29 is 14.3 Å². The molecule has 0 bridgehead atoms. The van der Waals surface area contributed by atoms with Gasteiger partial charge in [0, 0.05) is 16.3 Å². The minimum absolute atomic E-state index is 0.258. The van der Waals surface area contributed by atoms with E-state index in [-0.39, 0.29) is 12.5 Å². The molecule has 3 rings (SSSR count). The molecule has 2 aromatic carbocycles.